The van der Waals surface area contributed by atoms with Gasteiger partial charge in [-0.1, -0.05) is 36.4 Å². The van der Waals surface area contributed by atoms with Gasteiger partial charge in [-0.2, -0.15) is 0 Å². The van der Waals surface area contributed by atoms with E-state index in [1.807, 2.05) is 0 Å². The molecule has 0 N–H and O–H groups in total. The van der Waals surface area contributed by atoms with E-state index in [9.17, 15) is 17.2 Å². The molecule has 0 aliphatic rings. The maximum absolute atomic E-state index is 13.6. The fourth-order valence-corrected chi connectivity index (χ4v) is 4.63. The predicted octanol–water partition coefficient (Wildman–Crippen LogP) is 5.73. The predicted molar refractivity (Wildman–Crippen MR) is 101 cm³/mol. The Morgan fingerprint density at radius 2 is 1.54 bits per heavy atom. The molecule has 3 aromatic carbocycles. The summed E-state index contributed by atoms with van der Waals surface area (Å²) in [7, 11) is -3.64. The molecule has 3 rings (SSSR count). The highest BCUT2D eigenvalue weighted by Crippen LogP contribution is 2.28. The second-order valence-corrected chi connectivity index (χ2v) is 8.27. The third kappa shape index (κ3) is 3.92. The van der Waals surface area contributed by atoms with Crippen LogP contribution >= 0.6 is 15.9 Å². The van der Waals surface area contributed by atoms with Gasteiger partial charge in [-0.05, 0) is 57.9 Å². The monoisotopic (exact) mass is 434 g/mol. The van der Waals surface area contributed by atoms with Gasteiger partial charge in [-0.3, -0.25) is 0 Å². The summed E-state index contributed by atoms with van der Waals surface area (Å²) < 4.78 is 52.4. The molecule has 0 aliphatic heterocycles. The van der Waals surface area contributed by atoms with Crippen molar-refractivity contribution in [1.29, 1.82) is 0 Å². The highest BCUT2D eigenvalue weighted by Gasteiger charge is 2.19. The standard InChI is InChI=1S/C20H13BrF2O2S/c21-18-3-1-2-4-20(18)26(24,25)17-11-6-14(7-12-17)5-8-15-9-10-16(22)13-19(15)23/h1-13H/b8-5+. The lowest BCUT2D eigenvalue weighted by Gasteiger charge is -2.07. The maximum atomic E-state index is 13.6. The van der Waals surface area contributed by atoms with Crippen molar-refractivity contribution in [2.24, 2.45) is 0 Å². The molecular weight excluding hydrogens is 422 g/mol. The number of rotatable bonds is 4. The molecule has 0 unspecified atom stereocenters. The molecule has 0 saturated carbocycles. The number of hydrogen-bond acceptors (Lipinski definition) is 2. The summed E-state index contributed by atoms with van der Waals surface area (Å²) >= 11 is 3.25. The summed E-state index contributed by atoms with van der Waals surface area (Å²) in [6.07, 6.45) is 3.14. The smallest absolute Gasteiger partial charge is 0.207 e. The van der Waals surface area contributed by atoms with Gasteiger partial charge in [0.15, 0.2) is 0 Å². The minimum Gasteiger partial charge on any atom is -0.218 e. The molecule has 2 nitrogen and oxygen atoms in total. The average Bonchev–Trinajstić information content (AvgIpc) is 2.61. The molecule has 0 aliphatic carbocycles. The number of hydrogen-bond donors (Lipinski definition) is 0. The van der Waals surface area contributed by atoms with Crippen LogP contribution in [0.5, 0.6) is 0 Å². The summed E-state index contributed by atoms with van der Waals surface area (Å²) in [5.41, 5.74) is 0.941. The van der Waals surface area contributed by atoms with Crippen LogP contribution < -0.4 is 0 Å². The number of halogens is 3. The minimum absolute atomic E-state index is 0.162. The summed E-state index contributed by atoms with van der Waals surface area (Å²) in [6.45, 7) is 0. The van der Waals surface area contributed by atoms with E-state index in [1.165, 1.54) is 36.4 Å². The van der Waals surface area contributed by atoms with Crippen molar-refractivity contribution < 1.29 is 17.2 Å². The molecule has 0 spiro atoms. The Hall–Kier alpha value is -2.31. The van der Waals surface area contributed by atoms with Crippen LogP contribution in [0.2, 0.25) is 0 Å². The van der Waals surface area contributed by atoms with Crippen LogP contribution in [0.3, 0.4) is 0 Å². The van der Waals surface area contributed by atoms with Crippen LogP contribution in [0, 0.1) is 11.6 Å². The highest BCUT2D eigenvalue weighted by atomic mass is 79.9. The van der Waals surface area contributed by atoms with E-state index in [0.717, 1.165) is 6.07 Å². The van der Waals surface area contributed by atoms with Gasteiger partial charge < -0.3 is 0 Å². The fourth-order valence-electron chi connectivity index (χ4n) is 2.37. The molecule has 0 saturated heterocycles. The summed E-state index contributed by atoms with van der Waals surface area (Å²) in [6, 6.07) is 16.2. The van der Waals surface area contributed by atoms with Crippen LogP contribution in [0.4, 0.5) is 8.78 Å². The van der Waals surface area contributed by atoms with Crippen molar-refractivity contribution >= 4 is 37.9 Å². The van der Waals surface area contributed by atoms with Crippen LogP contribution in [-0.4, -0.2) is 8.42 Å². The van der Waals surface area contributed by atoms with E-state index in [1.54, 1.807) is 36.4 Å². The molecular formula is C20H13BrF2O2S. The Bertz CT molecular complexity index is 1080. The first-order valence-electron chi connectivity index (χ1n) is 7.61. The second kappa shape index (κ2) is 7.51. The molecule has 0 amide bonds. The normalized spacial score (nSPS) is 11.8. The third-order valence-electron chi connectivity index (χ3n) is 3.73. The van der Waals surface area contributed by atoms with E-state index in [-0.39, 0.29) is 15.4 Å². The lowest BCUT2D eigenvalue weighted by molar-refractivity contribution is 0.581. The Labute approximate surface area is 158 Å². The first-order chi connectivity index (χ1) is 12.4. The van der Waals surface area contributed by atoms with Gasteiger partial charge in [0.05, 0.1) is 9.79 Å². The van der Waals surface area contributed by atoms with E-state index in [0.29, 0.717) is 10.0 Å². The zero-order valence-corrected chi connectivity index (χ0v) is 15.8. The van der Waals surface area contributed by atoms with E-state index >= 15 is 0 Å². The first-order valence-corrected chi connectivity index (χ1v) is 9.88. The van der Waals surface area contributed by atoms with Gasteiger partial charge in [0, 0.05) is 16.1 Å². The largest absolute Gasteiger partial charge is 0.218 e. The van der Waals surface area contributed by atoms with Crippen LogP contribution in [-0.2, 0) is 9.84 Å². The minimum atomic E-state index is -3.64. The zero-order valence-electron chi connectivity index (χ0n) is 13.4. The van der Waals surface area contributed by atoms with Gasteiger partial charge in [0.2, 0.25) is 9.84 Å². The van der Waals surface area contributed by atoms with E-state index < -0.39 is 21.5 Å². The van der Waals surface area contributed by atoms with Gasteiger partial charge >= 0.3 is 0 Å². The highest BCUT2D eigenvalue weighted by molar-refractivity contribution is 9.10. The SMILES string of the molecule is O=S(=O)(c1ccc(/C=C/c2ccc(F)cc2F)cc1)c1ccccc1Br. The van der Waals surface area contributed by atoms with E-state index in [4.69, 9.17) is 0 Å². The van der Waals surface area contributed by atoms with Crippen molar-refractivity contribution in [3.05, 3.63) is 94.0 Å². The van der Waals surface area contributed by atoms with Crippen molar-refractivity contribution in [2.75, 3.05) is 0 Å². The molecule has 26 heavy (non-hydrogen) atoms. The van der Waals surface area contributed by atoms with Crippen molar-refractivity contribution in [1.82, 2.24) is 0 Å². The number of benzene rings is 3. The van der Waals surface area contributed by atoms with Crippen LogP contribution in [0.15, 0.2) is 81.0 Å². The van der Waals surface area contributed by atoms with Crippen LogP contribution in [0.1, 0.15) is 11.1 Å². The first kappa shape index (κ1) is 18.5. The quantitative estimate of drug-likeness (QED) is 0.491. The Morgan fingerprint density at radius 3 is 2.19 bits per heavy atom. The lowest BCUT2D eigenvalue weighted by atomic mass is 10.1. The zero-order chi connectivity index (χ0) is 18.7. The van der Waals surface area contributed by atoms with Gasteiger partial charge in [0.25, 0.3) is 0 Å². The molecule has 6 heteroatoms. The van der Waals surface area contributed by atoms with Crippen molar-refractivity contribution in [2.45, 2.75) is 9.79 Å². The van der Waals surface area contributed by atoms with Crippen molar-refractivity contribution in [3.8, 4) is 0 Å². The maximum Gasteiger partial charge on any atom is 0.207 e. The summed E-state index contributed by atoms with van der Waals surface area (Å²) in [5.74, 6) is -1.30. The second-order valence-electron chi connectivity index (χ2n) is 5.50. The topological polar surface area (TPSA) is 34.1 Å². The molecule has 0 aromatic heterocycles. The average molecular weight is 435 g/mol. The van der Waals surface area contributed by atoms with E-state index in [2.05, 4.69) is 15.9 Å². The molecule has 132 valence electrons. The molecule has 0 bridgehead atoms. The molecule has 0 radical (unpaired) electrons. The van der Waals surface area contributed by atoms with Gasteiger partial charge in [-0.25, -0.2) is 17.2 Å². The Balaban J connectivity index is 1.87. The molecule has 0 fully saturated rings. The summed E-state index contributed by atoms with van der Waals surface area (Å²) in [4.78, 5) is 0.353. The van der Waals surface area contributed by atoms with Crippen LogP contribution in [0.25, 0.3) is 12.2 Å². The number of sulfone groups is 1. The van der Waals surface area contributed by atoms with Gasteiger partial charge in [0.1, 0.15) is 11.6 Å². The fraction of sp³-hybridized carbons (Fsp3) is 0. The molecule has 0 heterocycles. The molecule has 3 aromatic rings. The Kier molecular flexibility index (Phi) is 5.34. The Morgan fingerprint density at radius 1 is 0.846 bits per heavy atom. The van der Waals surface area contributed by atoms with Crippen molar-refractivity contribution in [3.63, 3.8) is 0 Å². The lowest BCUT2D eigenvalue weighted by Crippen LogP contribution is -2.02. The molecule has 0 atom stereocenters. The van der Waals surface area contributed by atoms with Gasteiger partial charge in [-0.15, -0.1) is 0 Å². The third-order valence-corrected chi connectivity index (χ3v) is 6.52. The summed E-state index contributed by atoms with van der Waals surface area (Å²) in [5, 5.41) is 0.